The van der Waals surface area contributed by atoms with Gasteiger partial charge in [0.1, 0.15) is 11.4 Å². The van der Waals surface area contributed by atoms with Gasteiger partial charge in [-0.25, -0.2) is 8.70 Å². The number of nitrogens with one attached hydrogen (secondary N) is 1. The topological polar surface area (TPSA) is 58.6 Å². The van der Waals surface area contributed by atoms with Gasteiger partial charge < -0.3 is 4.74 Å². The van der Waals surface area contributed by atoms with Crippen molar-refractivity contribution in [3.8, 4) is 5.75 Å². The number of hydrogen-bond donors (Lipinski definition) is 1. The molecule has 0 aliphatic carbocycles. The molecule has 0 saturated heterocycles. The number of hydrogen-bond acceptors (Lipinski definition) is 3. The molecule has 1 aliphatic rings. The van der Waals surface area contributed by atoms with Gasteiger partial charge in [-0.1, -0.05) is 12.1 Å². The number of nitrogens with zero attached hydrogens (tertiary/aromatic N) is 1. The summed E-state index contributed by atoms with van der Waals surface area (Å²) in [5, 5.41) is 0. The quantitative estimate of drug-likeness (QED) is 0.880. The van der Waals surface area contributed by atoms with Gasteiger partial charge in [-0.15, -0.1) is 0 Å². The van der Waals surface area contributed by atoms with Crippen LogP contribution in [0.5, 0.6) is 5.75 Å². The minimum absolute atomic E-state index is 0.0390. The SMILES string of the molecule is COc1ccc(CN2c3ccc(Br)c(F)c3NS2(=O)=O)cc1. The summed E-state index contributed by atoms with van der Waals surface area (Å²) in [6.07, 6.45) is 0. The molecular weight excluding hydrogens is 375 g/mol. The van der Waals surface area contributed by atoms with Crippen LogP contribution in [0.2, 0.25) is 0 Å². The highest BCUT2D eigenvalue weighted by Crippen LogP contribution is 2.41. The Morgan fingerprint density at radius 3 is 2.55 bits per heavy atom. The van der Waals surface area contributed by atoms with Crippen LogP contribution in [0.4, 0.5) is 15.8 Å². The van der Waals surface area contributed by atoms with E-state index in [1.54, 1.807) is 37.4 Å². The lowest BCUT2D eigenvalue weighted by molar-refractivity contribution is 0.414. The maximum Gasteiger partial charge on any atom is 0.324 e. The van der Waals surface area contributed by atoms with Gasteiger partial charge in [-0.3, -0.25) is 4.72 Å². The highest BCUT2D eigenvalue weighted by Gasteiger charge is 2.35. The highest BCUT2D eigenvalue weighted by atomic mass is 79.9. The van der Waals surface area contributed by atoms with Crippen molar-refractivity contribution in [1.29, 1.82) is 0 Å². The van der Waals surface area contributed by atoms with Crippen molar-refractivity contribution in [2.75, 3.05) is 16.1 Å². The van der Waals surface area contributed by atoms with Crippen LogP contribution in [0.3, 0.4) is 0 Å². The fourth-order valence-electron chi connectivity index (χ4n) is 2.23. The number of rotatable bonds is 3. The fraction of sp³-hybridized carbons (Fsp3) is 0.143. The first-order valence-electron chi connectivity index (χ1n) is 6.34. The second-order valence-electron chi connectivity index (χ2n) is 4.72. The highest BCUT2D eigenvalue weighted by molar-refractivity contribution is 9.10. The molecule has 2 aromatic carbocycles. The number of methoxy groups -OCH3 is 1. The van der Waals surface area contributed by atoms with E-state index in [0.717, 1.165) is 9.87 Å². The number of halogens is 2. The molecule has 1 heterocycles. The van der Waals surface area contributed by atoms with Gasteiger partial charge in [-0.05, 0) is 45.8 Å². The molecule has 116 valence electrons. The maximum absolute atomic E-state index is 14.0. The second kappa shape index (κ2) is 5.44. The van der Waals surface area contributed by atoms with Crippen LogP contribution in [0, 0.1) is 5.82 Å². The third-order valence-corrected chi connectivity index (χ3v) is 5.33. The molecular formula is C14H12BrFN2O3S. The fourth-order valence-corrected chi connectivity index (χ4v) is 3.85. The van der Waals surface area contributed by atoms with Crippen molar-refractivity contribution in [1.82, 2.24) is 0 Å². The summed E-state index contributed by atoms with van der Waals surface area (Å²) < 4.78 is 47.1. The molecule has 1 aliphatic heterocycles. The maximum atomic E-state index is 14.0. The van der Waals surface area contributed by atoms with E-state index in [4.69, 9.17) is 4.74 Å². The van der Waals surface area contributed by atoms with Crippen LogP contribution < -0.4 is 13.8 Å². The Kier molecular flexibility index (Phi) is 3.73. The largest absolute Gasteiger partial charge is 0.497 e. The lowest BCUT2D eigenvalue weighted by Gasteiger charge is -2.17. The summed E-state index contributed by atoms with van der Waals surface area (Å²) in [6, 6.07) is 10.1. The normalized spacial score (nSPS) is 15.3. The summed E-state index contributed by atoms with van der Waals surface area (Å²) in [7, 11) is -2.25. The first-order chi connectivity index (χ1) is 10.4. The zero-order chi connectivity index (χ0) is 15.9. The van der Waals surface area contributed by atoms with Crippen LogP contribution in [0.15, 0.2) is 40.9 Å². The summed E-state index contributed by atoms with van der Waals surface area (Å²) >= 11 is 3.05. The summed E-state index contributed by atoms with van der Waals surface area (Å²) in [6.45, 7) is 0.105. The first kappa shape index (κ1) is 15.1. The monoisotopic (exact) mass is 386 g/mol. The molecule has 1 N–H and O–H groups in total. The molecule has 5 nitrogen and oxygen atoms in total. The van der Waals surface area contributed by atoms with Gasteiger partial charge in [0.15, 0.2) is 5.82 Å². The second-order valence-corrected chi connectivity index (χ2v) is 7.17. The van der Waals surface area contributed by atoms with Crippen LogP contribution >= 0.6 is 15.9 Å². The van der Waals surface area contributed by atoms with E-state index in [1.165, 1.54) is 6.07 Å². The van der Waals surface area contributed by atoms with E-state index >= 15 is 0 Å². The molecule has 0 unspecified atom stereocenters. The number of fused-ring (bicyclic) bond motifs is 1. The van der Waals surface area contributed by atoms with Gasteiger partial charge in [0, 0.05) is 0 Å². The van der Waals surface area contributed by atoms with Crippen LogP contribution in [-0.4, -0.2) is 15.5 Å². The molecule has 0 spiro atoms. The average molecular weight is 387 g/mol. The Labute approximate surface area is 136 Å². The molecule has 0 radical (unpaired) electrons. The molecule has 3 rings (SSSR count). The predicted octanol–water partition coefficient (Wildman–Crippen LogP) is 3.27. The molecule has 8 heteroatoms. The third kappa shape index (κ3) is 2.52. The van der Waals surface area contributed by atoms with Gasteiger partial charge in [0.25, 0.3) is 0 Å². The Bertz CT molecular complexity index is 825. The average Bonchev–Trinajstić information content (AvgIpc) is 2.76. The predicted molar refractivity (Wildman–Crippen MR) is 85.8 cm³/mol. The molecule has 0 saturated carbocycles. The molecule has 0 fully saturated rings. The Balaban J connectivity index is 1.98. The third-order valence-electron chi connectivity index (χ3n) is 3.35. The Morgan fingerprint density at radius 2 is 1.91 bits per heavy atom. The van der Waals surface area contributed by atoms with E-state index in [0.29, 0.717) is 5.75 Å². The Hall–Kier alpha value is -1.80. The minimum Gasteiger partial charge on any atom is -0.497 e. The first-order valence-corrected chi connectivity index (χ1v) is 8.57. The van der Waals surface area contributed by atoms with Crippen molar-refractivity contribution in [3.63, 3.8) is 0 Å². The molecule has 0 amide bonds. The zero-order valence-corrected chi connectivity index (χ0v) is 13.9. The number of benzene rings is 2. The Morgan fingerprint density at radius 1 is 1.23 bits per heavy atom. The summed E-state index contributed by atoms with van der Waals surface area (Å²) in [5.41, 5.74) is 1.02. The standard InChI is InChI=1S/C14H12BrFN2O3S/c1-21-10-4-2-9(3-5-10)8-18-12-7-6-11(15)13(16)14(12)17-22(18,19)20/h2-7,17H,8H2,1H3. The molecule has 0 aromatic heterocycles. The van der Waals surface area contributed by atoms with E-state index in [2.05, 4.69) is 20.7 Å². The van der Waals surface area contributed by atoms with Gasteiger partial charge >= 0.3 is 10.2 Å². The van der Waals surface area contributed by atoms with Crippen molar-refractivity contribution in [2.24, 2.45) is 0 Å². The van der Waals surface area contributed by atoms with Crippen molar-refractivity contribution in [3.05, 3.63) is 52.3 Å². The van der Waals surface area contributed by atoms with E-state index < -0.39 is 16.0 Å². The number of ether oxygens (including phenoxy) is 1. The summed E-state index contributed by atoms with van der Waals surface area (Å²) in [5.74, 6) is 0.0554. The smallest absolute Gasteiger partial charge is 0.324 e. The minimum atomic E-state index is -3.81. The van der Waals surface area contributed by atoms with Gasteiger partial charge in [0.2, 0.25) is 0 Å². The zero-order valence-electron chi connectivity index (χ0n) is 11.5. The van der Waals surface area contributed by atoms with Crippen LogP contribution in [0.1, 0.15) is 5.56 Å². The molecule has 2 aromatic rings. The molecule has 0 atom stereocenters. The van der Waals surface area contributed by atoms with E-state index in [1.807, 2.05) is 0 Å². The van der Waals surface area contributed by atoms with Crippen LogP contribution in [0.25, 0.3) is 0 Å². The van der Waals surface area contributed by atoms with Crippen LogP contribution in [-0.2, 0) is 16.8 Å². The van der Waals surface area contributed by atoms with Crippen molar-refractivity contribution < 1.29 is 17.5 Å². The van der Waals surface area contributed by atoms with E-state index in [9.17, 15) is 12.8 Å². The lowest BCUT2D eigenvalue weighted by atomic mass is 10.2. The van der Waals surface area contributed by atoms with Crippen molar-refractivity contribution in [2.45, 2.75) is 6.54 Å². The van der Waals surface area contributed by atoms with Gasteiger partial charge in [-0.2, -0.15) is 8.42 Å². The van der Waals surface area contributed by atoms with Crippen molar-refractivity contribution >= 4 is 37.5 Å². The number of anilines is 2. The van der Waals surface area contributed by atoms with E-state index in [-0.39, 0.29) is 22.4 Å². The van der Waals surface area contributed by atoms with Gasteiger partial charge in [0.05, 0.1) is 23.8 Å². The summed E-state index contributed by atoms with van der Waals surface area (Å²) in [4.78, 5) is 0. The molecule has 22 heavy (non-hydrogen) atoms. The lowest BCUT2D eigenvalue weighted by Crippen LogP contribution is -2.29. The molecule has 0 bridgehead atoms.